The Kier molecular flexibility index (Phi) is 19.0. The van der Waals surface area contributed by atoms with Crippen molar-refractivity contribution in [3.05, 3.63) is 60.8 Å². The van der Waals surface area contributed by atoms with Crippen LogP contribution in [0.5, 0.6) is 0 Å². The molecule has 2 fully saturated rings. The molecule has 2 saturated heterocycles. The maximum Gasteiger partial charge on any atom is 0.311 e. The highest BCUT2D eigenvalue weighted by Gasteiger charge is 2.50. The molecular weight excluding hydrogens is 718 g/mol. The second-order valence-corrected chi connectivity index (χ2v) is 14.9. The van der Waals surface area contributed by atoms with Gasteiger partial charge in [-0.25, -0.2) is 0 Å². The molecule has 3 aliphatic rings. The lowest BCUT2D eigenvalue weighted by Crippen LogP contribution is -2.61. The Hall–Kier alpha value is -3.09. The zero-order valence-electron chi connectivity index (χ0n) is 31.9. The quantitative estimate of drug-likeness (QED) is 0.185. The number of carboxylic acid groups (broad SMARTS) is 1. The van der Waals surface area contributed by atoms with E-state index >= 15 is 0 Å². The van der Waals surface area contributed by atoms with E-state index in [1.165, 1.54) is 0 Å². The van der Waals surface area contributed by atoms with E-state index in [0.29, 0.717) is 6.42 Å². The molecule has 9 N–H and O–H groups in total. The Labute approximate surface area is 322 Å². The minimum atomic E-state index is -2.16. The predicted molar refractivity (Wildman–Crippen MR) is 200 cm³/mol. The van der Waals surface area contributed by atoms with Crippen molar-refractivity contribution in [3.8, 4) is 0 Å². The van der Waals surface area contributed by atoms with Crippen molar-refractivity contribution in [2.45, 2.75) is 158 Å². The van der Waals surface area contributed by atoms with Crippen LogP contribution in [0.1, 0.15) is 85.0 Å². The van der Waals surface area contributed by atoms with E-state index in [4.69, 9.17) is 24.7 Å². The van der Waals surface area contributed by atoms with Gasteiger partial charge in [-0.05, 0) is 25.7 Å². The third-order valence-electron chi connectivity index (χ3n) is 10.3. The normalized spacial score (nSPS) is 38.8. The topological polar surface area (TPSA) is 256 Å². The van der Waals surface area contributed by atoms with Gasteiger partial charge in [0.25, 0.3) is 0 Å². The average Bonchev–Trinajstić information content (AvgIpc) is 3.09. The van der Waals surface area contributed by atoms with Crippen LogP contribution in [0.4, 0.5) is 0 Å². The lowest BCUT2D eigenvalue weighted by atomic mass is 9.83. The number of aliphatic hydroxyl groups is 6. The number of esters is 1. The second-order valence-electron chi connectivity index (χ2n) is 14.9. The third-order valence-corrected chi connectivity index (χ3v) is 10.3. The number of carbonyl (C=O) groups is 3. The summed E-state index contributed by atoms with van der Waals surface area (Å²) >= 11 is 0. The van der Waals surface area contributed by atoms with E-state index in [-0.39, 0.29) is 50.2 Å². The Morgan fingerprint density at radius 2 is 1.62 bits per heavy atom. The van der Waals surface area contributed by atoms with Gasteiger partial charge in [0.05, 0.1) is 55.2 Å². The van der Waals surface area contributed by atoms with Gasteiger partial charge in [-0.3, -0.25) is 14.4 Å². The number of cyclic esters (lactones) is 1. The molecule has 0 aromatic rings. The van der Waals surface area contributed by atoms with Gasteiger partial charge in [0.1, 0.15) is 23.9 Å². The van der Waals surface area contributed by atoms with Crippen LogP contribution in [0.15, 0.2) is 60.8 Å². The van der Waals surface area contributed by atoms with Crippen molar-refractivity contribution in [1.82, 2.24) is 0 Å². The minimum Gasteiger partial charge on any atom is -0.481 e. The number of aliphatic carboxylic acids is 1. The van der Waals surface area contributed by atoms with E-state index in [1.807, 2.05) is 26.0 Å². The second kappa shape index (κ2) is 22.6. The number of nitrogens with two attached hydrogens (primary N) is 1. The van der Waals surface area contributed by atoms with E-state index in [1.54, 1.807) is 55.5 Å². The van der Waals surface area contributed by atoms with E-state index in [0.717, 1.165) is 6.42 Å². The molecule has 3 aliphatic heterocycles. The molecule has 0 radical (unpaired) electrons. The van der Waals surface area contributed by atoms with Crippen molar-refractivity contribution in [1.29, 1.82) is 0 Å². The molecule has 55 heavy (non-hydrogen) atoms. The van der Waals surface area contributed by atoms with Crippen LogP contribution in [0, 0.1) is 11.8 Å². The molecule has 15 heteroatoms. The fraction of sp³-hybridized carbons (Fsp3) is 0.675. The zero-order chi connectivity index (χ0) is 40.7. The number of hydrogen-bond donors (Lipinski definition) is 8. The zero-order valence-corrected chi connectivity index (χ0v) is 31.9. The molecule has 0 aromatic carbocycles. The summed E-state index contributed by atoms with van der Waals surface area (Å²) in [5, 5.41) is 74.7. The molecule has 0 saturated carbocycles. The monoisotopic (exact) mass is 779 g/mol. The molecule has 14 atom stereocenters. The number of fused-ring (bicyclic) bond motifs is 2. The molecule has 2 bridgehead atoms. The van der Waals surface area contributed by atoms with Gasteiger partial charge in [-0.2, -0.15) is 0 Å². The van der Waals surface area contributed by atoms with E-state index in [9.17, 15) is 50.1 Å². The fourth-order valence-electron chi connectivity index (χ4n) is 6.89. The van der Waals surface area contributed by atoms with Gasteiger partial charge in [-0.1, -0.05) is 81.0 Å². The average molecular weight is 780 g/mol. The number of hydrogen-bond acceptors (Lipinski definition) is 14. The van der Waals surface area contributed by atoms with Crippen LogP contribution in [0.25, 0.3) is 0 Å². The number of aliphatic hydroxyl groups excluding tert-OH is 5. The van der Waals surface area contributed by atoms with Gasteiger partial charge in [0.2, 0.25) is 0 Å². The van der Waals surface area contributed by atoms with Gasteiger partial charge in [0.15, 0.2) is 12.1 Å². The summed E-state index contributed by atoms with van der Waals surface area (Å²) in [6.07, 6.45) is 5.42. The van der Waals surface area contributed by atoms with Gasteiger partial charge in [-0.15, -0.1) is 0 Å². The Morgan fingerprint density at radius 3 is 2.27 bits per heavy atom. The minimum absolute atomic E-state index is 0.0218. The molecule has 0 spiro atoms. The number of ketones is 1. The van der Waals surface area contributed by atoms with Crippen molar-refractivity contribution >= 4 is 17.7 Å². The number of ether oxygens (including phenoxy) is 4. The highest BCUT2D eigenvalue weighted by molar-refractivity contribution is 5.80. The third kappa shape index (κ3) is 15.1. The smallest absolute Gasteiger partial charge is 0.311 e. The van der Waals surface area contributed by atoms with Crippen LogP contribution in [0.3, 0.4) is 0 Å². The highest BCUT2D eigenvalue weighted by Crippen LogP contribution is 2.38. The summed E-state index contributed by atoms with van der Waals surface area (Å²) < 4.78 is 23.3. The molecule has 3 heterocycles. The fourth-order valence-corrected chi connectivity index (χ4v) is 6.89. The maximum atomic E-state index is 12.6. The first-order valence-corrected chi connectivity index (χ1v) is 19.2. The molecule has 9 unspecified atom stereocenters. The first kappa shape index (κ1) is 46.3. The Bertz CT molecular complexity index is 1380. The first-order valence-electron chi connectivity index (χ1n) is 19.2. The van der Waals surface area contributed by atoms with Gasteiger partial charge in [0, 0.05) is 38.5 Å². The molecular formula is C40H61NO14. The lowest BCUT2D eigenvalue weighted by molar-refractivity contribution is -0.308. The molecule has 3 rings (SSSR count). The van der Waals surface area contributed by atoms with E-state index in [2.05, 4.69) is 0 Å². The number of carboxylic acids is 1. The summed E-state index contributed by atoms with van der Waals surface area (Å²) in [5.41, 5.74) is 6.00. The van der Waals surface area contributed by atoms with Crippen LogP contribution < -0.4 is 5.73 Å². The molecule has 0 aromatic heterocycles. The summed E-state index contributed by atoms with van der Waals surface area (Å²) in [6, 6.07) is -1.10. The van der Waals surface area contributed by atoms with Gasteiger partial charge < -0.3 is 60.4 Å². The van der Waals surface area contributed by atoms with Crippen LogP contribution >= 0.6 is 0 Å². The summed E-state index contributed by atoms with van der Waals surface area (Å²) in [6.45, 7) is 5.51. The SMILES string of the molecule is CCC(C)C1CC=CC=CC=CC=CC=CC(O[C@@H]2O[C@H](C)[C@@H](O)[C@H](N)[C@@H]2O)CC2OC(O)(CC(O)CCCC(=O)CC(O)CC(=O)O1)CC(O)C2C(=O)O. The summed E-state index contributed by atoms with van der Waals surface area (Å²) in [7, 11) is 0. The first-order chi connectivity index (χ1) is 26.0. The number of carbonyl (C=O) groups excluding carboxylic acids is 2. The predicted octanol–water partition coefficient (Wildman–Crippen LogP) is 1.87. The van der Waals surface area contributed by atoms with Gasteiger partial charge >= 0.3 is 11.9 Å². The largest absolute Gasteiger partial charge is 0.481 e. The summed E-state index contributed by atoms with van der Waals surface area (Å²) in [5.74, 6) is -5.93. The Balaban J connectivity index is 1.88. The summed E-state index contributed by atoms with van der Waals surface area (Å²) in [4.78, 5) is 37.6. The lowest BCUT2D eigenvalue weighted by Gasteiger charge is -2.45. The van der Waals surface area contributed by atoms with Crippen molar-refractivity contribution in [2.75, 3.05) is 0 Å². The molecule has 0 amide bonds. The maximum absolute atomic E-state index is 12.6. The standard InChI is InChI=1S/C40H61NO14/c1-4-24(2)31-18-13-11-9-7-5-6-8-10-12-17-29(53-39-37(48)35(41)36(47)25(3)52-39)21-32-34(38(49)50)30(45)23-40(51,55-32)22-27(43)16-14-15-26(42)19-28(44)20-33(46)54-31/h5-13,17,24-25,27-32,34-37,39,43-45,47-48,51H,4,14-16,18-23,41H2,1-3H3,(H,49,50)/t24?,25-,27?,28?,29?,30?,31?,32?,34?,35+,36-,37+,39+,40?/m1/s1. The number of rotatable bonds is 5. The van der Waals surface area contributed by atoms with E-state index < -0.39 is 104 Å². The molecule has 0 aliphatic carbocycles. The van der Waals surface area contributed by atoms with Crippen LogP contribution in [-0.4, -0.2) is 127 Å². The van der Waals surface area contributed by atoms with Crippen molar-refractivity contribution in [3.63, 3.8) is 0 Å². The number of allylic oxidation sites excluding steroid dienone is 8. The van der Waals surface area contributed by atoms with Crippen LogP contribution in [0.2, 0.25) is 0 Å². The molecule has 310 valence electrons. The van der Waals surface area contributed by atoms with Crippen molar-refractivity contribution in [2.24, 2.45) is 17.6 Å². The van der Waals surface area contributed by atoms with Crippen LogP contribution in [-0.2, 0) is 33.3 Å². The highest BCUT2D eigenvalue weighted by atomic mass is 16.7. The number of Topliss-reactive ketones (excluding diaryl/α,β-unsaturated/α-hetero) is 1. The Morgan fingerprint density at radius 1 is 0.964 bits per heavy atom. The molecule has 15 nitrogen and oxygen atoms in total. The van der Waals surface area contributed by atoms with Crippen molar-refractivity contribution < 1.29 is 69.1 Å².